The summed E-state index contributed by atoms with van der Waals surface area (Å²) in [5, 5.41) is 16.3. The van der Waals surface area contributed by atoms with Gasteiger partial charge in [0, 0.05) is 12.3 Å². The van der Waals surface area contributed by atoms with Gasteiger partial charge in [0.2, 0.25) is 0 Å². The molecule has 106 valence electrons. The fraction of sp³-hybridized carbons (Fsp3) is 0.786. The monoisotopic (exact) mass is 265 g/mol. The van der Waals surface area contributed by atoms with E-state index in [9.17, 15) is 4.79 Å². The van der Waals surface area contributed by atoms with Crippen molar-refractivity contribution in [3.8, 4) is 0 Å². The average Bonchev–Trinajstić information content (AvgIpc) is 2.77. The minimum absolute atomic E-state index is 0.127. The molecular weight excluding hydrogens is 242 g/mol. The number of aromatic nitrogens is 3. The van der Waals surface area contributed by atoms with Crippen molar-refractivity contribution in [1.82, 2.24) is 15.2 Å². The van der Waals surface area contributed by atoms with Crippen LogP contribution >= 0.6 is 0 Å². The normalized spacial score (nSPS) is 18.7. The van der Waals surface area contributed by atoms with Gasteiger partial charge in [-0.25, -0.2) is 4.98 Å². The predicted molar refractivity (Wildman–Crippen MR) is 71.9 cm³/mol. The number of aliphatic carboxylic acids is 1. The Labute approximate surface area is 113 Å². The first kappa shape index (κ1) is 14.0. The number of carboxylic acids is 1. The Hall–Kier alpha value is -1.39. The average molecular weight is 265 g/mol. The van der Waals surface area contributed by atoms with Crippen molar-refractivity contribution >= 4 is 5.97 Å². The first-order chi connectivity index (χ1) is 9.01. The minimum atomic E-state index is -0.703. The number of H-pyrrole nitrogens is 1. The van der Waals surface area contributed by atoms with Crippen LogP contribution < -0.4 is 0 Å². The van der Waals surface area contributed by atoms with Crippen molar-refractivity contribution in [2.24, 2.45) is 5.41 Å². The highest BCUT2D eigenvalue weighted by atomic mass is 16.4. The number of hydrogen-bond donors (Lipinski definition) is 2. The molecule has 5 heteroatoms. The van der Waals surface area contributed by atoms with Crippen molar-refractivity contribution in [1.29, 1.82) is 0 Å². The summed E-state index contributed by atoms with van der Waals surface area (Å²) >= 11 is 0. The minimum Gasteiger partial charge on any atom is -0.481 e. The lowest BCUT2D eigenvalue weighted by atomic mass is 9.69. The van der Waals surface area contributed by atoms with Crippen molar-refractivity contribution in [2.45, 2.75) is 64.7 Å². The molecule has 0 aliphatic heterocycles. The summed E-state index contributed by atoms with van der Waals surface area (Å²) in [5.41, 5.74) is -0.127. The fourth-order valence-corrected chi connectivity index (χ4v) is 3.04. The Kier molecular flexibility index (Phi) is 4.22. The molecule has 0 saturated heterocycles. The summed E-state index contributed by atoms with van der Waals surface area (Å²) in [6, 6.07) is 0. The first-order valence-corrected chi connectivity index (χ1v) is 7.14. The molecule has 2 rings (SSSR count). The number of nitrogens with one attached hydrogen (secondary N) is 1. The van der Waals surface area contributed by atoms with Gasteiger partial charge >= 0.3 is 5.97 Å². The lowest BCUT2D eigenvalue weighted by Crippen LogP contribution is -2.30. The summed E-state index contributed by atoms with van der Waals surface area (Å²) in [7, 11) is 0. The summed E-state index contributed by atoms with van der Waals surface area (Å²) in [4.78, 5) is 15.6. The lowest BCUT2D eigenvalue weighted by Gasteiger charge is -2.35. The molecule has 0 unspecified atom stereocenters. The summed E-state index contributed by atoms with van der Waals surface area (Å²) in [6.45, 7) is 4.11. The molecule has 1 saturated carbocycles. The van der Waals surface area contributed by atoms with Crippen molar-refractivity contribution in [2.75, 3.05) is 0 Å². The molecule has 1 aromatic heterocycles. The van der Waals surface area contributed by atoms with Gasteiger partial charge in [0.05, 0.1) is 6.42 Å². The maximum atomic E-state index is 11.1. The molecule has 0 spiro atoms. The van der Waals surface area contributed by atoms with Crippen LogP contribution in [0.5, 0.6) is 0 Å². The van der Waals surface area contributed by atoms with E-state index in [4.69, 9.17) is 5.11 Å². The molecule has 0 aromatic carbocycles. The lowest BCUT2D eigenvalue weighted by molar-refractivity contribution is -0.140. The van der Waals surface area contributed by atoms with Crippen LogP contribution in [-0.2, 0) is 11.2 Å². The van der Waals surface area contributed by atoms with E-state index in [1.54, 1.807) is 0 Å². The molecular formula is C14H23N3O2. The highest BCUT2D eigenvalue weighted by Gasteiger charge is 2.35. The summed E-state index contributed by atoms with van der Waals surface area (Å²) in [6.07, 6.45) is 6.38. The van der Waals surface area contributed by atoms with Crippen molar-refractivity contribution in [3.05, 3.63) is 11.6 Å². The van der Waals surface area contributed by atoms with Gasteiger partial charge in [-0.2, -0.15) is 5.10 Å². The smallest absolute Gasteiger partial charge is 0.303 e. The Balaban J connectivity index is 2.12. The number of carboxylic acid groups (broad SMARTS) is 1. The predicted octanol–water partition coefficient (Wildman–Crippen LogP) is 2.90. The zero-order chi connectivity index (χ0) is 13.9. The Morgan fingerprint density at radius 3 is 2.58 bits per heavy atom. The maximum Gasteiger partial charge on any atom is 0.303 e. The second-order valence-electron chi connectivity index (χ2n) is 6.10. The number of hydrogen-bond acceptors (Lipinski definition) is 3. The van der Waals surface area contributed by atoms with E-state index in [2.05, 4.69) is 29.0 Å². The first-order valence-electron chi connectivity index (χ1n) is 7.14. The van der Waals surface area contributed by atoms with Gasteiger partial charge < -0.3 is 5.11 Å². The van der Waals surface area contributed by atoms with E-state index in [1.165, 1.54) is 6.42 Å². The van der Waals surface area contributed by atoms with E-state index in [1.807, 2.05) is 0 Å². The summed E-state index contributed by atoms with van der Waals surface area (Å²) in [5.74, 6) is 1.25. The van der Waals surface area contributed by atoms with Gasteiger partial charge in [0.1, 0.15) is 5.82 Å². The largest absolute Gasteiger partial charge is 0.481 e. The summed E-state index contributed by atoms with van der Waals surface area (Å²) < 4.78 is 0. The molecule has 19 heavy (non-hydrogen) atoms. The van der Waals surface area contributed by atoms with Crippen LogP contribution in [0.1, 0.15) is 69.9 Å². The van der Waals surface area contributed by atoms with E-state index in [-0.39, 0.29) is 11.8 Å². The zero-order valence-corrected chi connectivity index (χ0v) is 11.8. The third-order valence-electron chi connectivity index (χ3n) is 4.05. The SMILES string of the molecule is CC(C)c1n[nH]c(CC2(CC(=O)O)CCCCC2)n1. The van der Waals surface area contributed by atoms with Crippen LogP contribution in [0.15, 0.2) is 0 Å². The molecule has 1 fully saturated rings. The van der Waals surface area contributed by atoms with Crippen LogP contribution in [0.3, 0.4) is 0 Å². The molecule has 0 bridgehead atoms. The van der Waals surface area contributed by atoms with Gasteiger partial charge in [0.15, 0.2) is 5.82 Å². The molecule has 2 N–H and O–H groups in total. The molecule has 5 nitrogen and oxygen atoms in total. The molecule has 0 amide bonds. The van der Waals surface area contributed by atoms with E-state index < -0.39 is 5.97 Å². The highest BCUT2D eigenvalue weighted by molar-refractivity contribution is 5.67. The fourth-order valence-electron chi connectivity index (χ4n) is 3.04. The number of rotatable bonds is 5. The van der Waals surface area contributed by atoms with Gasteiger partial charge in [-0.15, -0.1) is 0 Å². The number of carbonyl (C=O) groups is 1. The Morgan fingerprint density at radius 2 is 2.05 bits per heavy atom. The zero-order valence-electron chi connectivity index (χ0n) is 11.8. The molecule has 0 atom stereocenters. The molecule has 1 aliphatic carbocycles. The third kappa shape index (κ3) is 3.55. The molecule has 1 aromatic rings. The van der Waals surface area contributed by atoms with Crippen molar-refractivity contribution in [3.63, 3.8) is 0 Å². The maximum absolute atomic E-state index is 11.1. The van der Waals surface area contributed by atoms with E-state index in [0.717, 1.165) is 37.3 Å². The Bertz CT molecular complexity index is 434. The van der Waals surface area contributed by atoms with Gasteiger partial charge in [-0.1, -0.05) is 33.1 Å². The van der Waals surface area contributed by atoms with Crippen LogP contribution in [-0.4, -0.2) is 26.3 Å². The molecule has 1 aliphatic rings. The Morgan fingerprint density at radius 1 is 1.37 bits per heavy atom. The van der Waals surface area contributed by atoms with Crippen LogP contribution in [0, 0.1) is 5.41 Å². The second kappa shape index (κ2) is 5.72. The standard InChI is InChI=1S/C14H23N3O2/c1-10(2)13-15-11(16-17-13)8-14(9-12(18)19)6-4-3-5-7-14/h10H,3-9H2,1-2H3,(H,18,19)(H,15,16,17). The third-order valence-corrected chi connectivity index (χ3v) is 4.05. The van der Waals surface area contributed by atoms with Crippen LogP contribution in [0.4, 0.5) is 0 Å². The van der Waals surface area contributed by atoms with E-state index in [0.29, 0.717) is 12.3 Å². The van der Waals surface area contributed by atoms with Gasteiger partial charge in [-0.3, -0.25) is 9.89 Å². The van der Waals surface area contributed by atoms with Gasteiger partial charge in [-0.05, 0) is 18.3 Å². The van der Waals surface area contributed by atoms with E-state index >= 15 is 0 Å². The number of aromatic amines is 1. The number of nitrogens with zero attached hydrogens (tertiary/aromatic N) is 2. The quantitative estimate of drug-likeness (QED) is 0.858. The van der Waals surface area contributed by atoms with Gasteiger partial charge in [0.25, 0.3) is 0 Å². The van der Waals surface area contributed by atoms with Crippen LogP contribution in [0.25, 0.3) is 0 Å². The molecule has 1 heterocycles. The second-order valence-corrected chi connectivity index (χ2v) is 6.10. The topological polar surface area (TPSA) is 78.9 Å². The van der Waals surface area contributed by atoms with Crippen molar-refractivity contribution < 1.29 is 9.90 Å². The molecule has 0 radical (unpaired) electrons. The highest BCUT2D eigenvalue weighted by Crippen LogP contribution is 2.41. The van der Waals surface area contributed by atoms with Crippen LogP contribution in [0.2, 0.25) is 0 Å².